The molecule has 0 radical (unpaired) electrons. The summed E-state index contributed by atoms with van der Waals surface area (Å²) in [5, 5.41) is 0. The minimum atomic E-state index is -3.33. The summed E-state index contributed by atoms with van der Waals surface area (Å²) < 4.78 is 31.3. The normalized spacial score (nSPS) is 18.1. The van der Waals surface area contributed by atoms with E-state index < -0.39 is 10.0 Å². The van der Waals surface area contributed by atoms with E-state index in [1.165, 1.54) is 21.7 Å². The summed E-state index contributed by atoms with van der Waals surface area (Å²) in [7, 11) is 0.397. The van der Waals surface area contributed by atoms with Crippen molar-refractivity contribution in [3.63, 3.8) is 0 Å². The molecule has 0 aliphatic carbocycles. The van der Waals surface area contributed by atoms with Crippen LogP contribution in [0.5, 0.6) is 5.75 Å². The van der Waals surface area contributed by atoms with Crippen molar-refractivity contribution >= 4 is 27.3 Å². The average molecular weight is 546 g/mol. The third kappa shape index (κ3) is 4.49. The van der Waals surface area contributed by atoms with Crippen molar-refractivity contribution in [2.24, 2.45) is 0 Å². The third-order valence-corrected chi connectivity index (χ3v) is 10.1. The smallest absolute Gasteiger partial charge is 0.258 e. The van der Waals surface area contributed by atoms with E-state index in [-0.39, 0.29) is 11.3 Å². The van der Waals surface area contributed by atoms with Crippen molar-refractivity contribution in [2.45, 2.75) is 31.6 Å². The zero-order valence-electron chi connectivity index (χ0n) is 23.0. The SMILES string of the molecule is Cc1cc(N(C)S(C)(=O)=O)ccc1-c1ccc(C(=O)N2CCc3cc4c(cc32)C2(CCN(C)CC2)CO4)cc1. The molecule has 0 bridgehead atoms. The van der Waals surface area contributed by atoms with E-state index in [0.29, 0.717) is 17.8 Å². The third-order valence-electron chi connectivity index (χ3n) is 8.85. The molecule has 3 heterocycles. The van der Waals surface area contributed by atoms with Crippen LogP contribution in [0.25, 0.3) is 11.1 Å². The Labute approximate surface area is 231 Å². The van der Waals surface area contributed by atoms with E-state index in [2.05, 4.69) is 24.1 Å². The van der Waals surface area contributed by atoms with Crippen LogP contribution < -0.4 is 13.9 Å². The Morgan fingerprint density at radius 3 is 2.38 bits per heavy atom. The average Bonchev–Trinajstić information content (AvgIpc) is 3.49. The molecule has 7 nitrogen and oxygen atoms in total. The number of piperidine rings is 1. The summed E-state index contributed by atoms with van der Waals surface area (Å²) in [6.45, 7) is 5.49. The summed E-state index contributed by atoms with van der Waals surface area (Å²) >= 11 is 0. The number of fused-ring (bicyclic) bond motifs is 3. The van der Waals surface area contributed by atoms with Crippen molar-refractivity contribution in [3.8, 4) is 16.9 Å². The van der Waals surface area contributed by atoms with Crippen LogP contribution in [0.4, 0.5) is 11.4 Å². The highest BCUT2D eigenvalue weighted by molar-refractivity contribution is 7.92. The Bertz CT molecular complexity index is 1560. The number of nitrogens with zero attached hydrogens (tertiary/aromatic N) is 3. The molecule has 3 aromatic carbocycles. The zero-order chi connectivity index (χ0) is 27.5. The number of amides is 1. The molecule has 1 fully saturated rings. The molecule has 1 saturated heterocycles. The summed E-state index contributed by atoms with van der Waals surface area (Å²) in [5.41, 5.74) is 7.76. The van der Waals surface area contributed by atoms with E-state index >= 15 is 0 Å². The number of sulfonamides is 1. The van der Waals surface area contributed by atoms with E-state index in [4.69, 9.17) is 4.74 Å². The van der Waals surface area contributed by atoms with Gasteiger partial charge in [0.25, 0.3) is 5.91 Å². The maximum atomic E-state index is 13.7. The van der Waals surface area contributed by atoms with Crippen LogP contribution in [0.3, 0.4) is 0 Å². The van der Waals surface area contributed by atoms with Crippen molar-refractivity contribution < 1.29 is 17.9 Å². The maximum Gasteiger partial charge on any atom is 0.258 e. The van der Waals surface area contributed by atoms with Gasteiger partial charge in [0.05, 0.1) is 18.6 Å². The Kier molecular flexibility index (Phi) is 6.23. The minimum absolute atomic E-state index is 0.0124. The predicted octanol–water partition coefficient (Wildman–Crippen LogP) is 4.62. The first-order valence-electron chi connectivity index (χ1n) is 13.5. The highest BCUT2D eigenvalue weighted by Crippen LogP contribution is 2.49. The van der Waals surface area contributed by atoms with Crippen LogP contribution in [0.15, 0.2) is 54.6 Å². The number of aryl methyl sites for hydroxylation is 1. The first kappa shape index (κ1) is 25.9. The molecule has 8 heteroatoms. The van der Waals surface area contributed by atoms with Crippen molar-refractivity contribution in [1.29, 1.82) is 0 Å². The van der Waals surface area contributed by atoms with Gasteiger partial charge in [-0.1, -0.05) is 18.2 Å². The number of ether oxygens (including phenoxy) is 1. The van der Waals surface area contributed by atoms with E-state index in [9.17, 15) is 13.2 Å². The number of hydrogen-bond donors (Lipinski definition) is 0. The lowest BCUT2D eigenvalue weighted by Gasteiger charge is -2.37. The summed E-state index contributed by atoms with van der Waals surface area (Å²) in [5.74, 6) is 1.01. The lowest BCUT2D eigenvalue weighted by Crippen LogP contribution is -2.42. The highest BCUT2D eigenvalue weighted by Gasteiger charge is 2.44. The predicted molar refractivity (Wildman–Crippen MR) is 156 cm³/mol. The van der Waals surface area contributed by atoms with Gasteiger partial charge in [-0.3, -0.25) is 9.10 Å². The quantitative estimate of drug-likeness (QED) is 0.479. The van der Waals surface area contributed by atoms with Gasteiger partial charge in [0, 0.05) is 35.8 Å². The Morgan fingerprint density at radius 2 is 1.72 bits per heavy atom. The second-order valence-corrected chi connectivity index (χ2v) is 13.4. The van der Waals surface area contributed by atoms with Crippen molar-refractivity contribution in [1.82, 2.24) is 4.90 Å². The second kappa shape index (κ2) is 9.38. The fourth-order valence-electron chi connectivity index (χ4n) is 6.22. The topological polar surface area (TPSA) is 70.2 Å². The summed E-state index contributed by atoms with van der Waals surface area (Å²) in [6.07, 6.45) is 4.18. The van der Waals surface area contributed by atoms with Crippen LogP contribution in [0.1, 0.15) is 39.9 Å². The lowest BCUT2D eigenvalue weighted by atomic mass is 9.74. The van der Waals surface area contributed by atoms with Gasteiger partial charge in [-0.05, 0) is 105 Å². The van der Waals surface area contributed by atoms with Gasteiger partial charge in [0.2, 0.25) is 10.0 Å². The molecule has 1 spiro atoms. The van der Waals surface area contributed by atoms with Crippen LogP contribution >= 0.6 is 0 Å². The molecule has 0 N–H and O–H groups in total. The number of benzene rings is 3. The number of rotatable bonds is 4. The maximum absolute atomic E-state index is 13.7. The first-order chi connectivity index (χ1) is 18.6. The van der Waals surface area contributed by atoms with Gasteiger partial charge >= 0.3 is 0 Å². The standard InChI is InChI=1S/C31H35N3O4S/c1-21-17-25(33(3)39(4,36)37)9-10-26(21)22-5-7-23(8-6-22)30(35)34-14-11-24-18-29-27(19-28(24)34)31(20-38-29)12-15-32(2)16-13-31/h5-10,17-19H,11-16,20H2,1-4H3. The van der Waals surface area contributed by atoms with Gasteiger partial charge in [0.1, 0.15) is 5.75 Å². The zero-order valence-corrected chi connectivity index (χ0v) is 23.8. The molecule has 0 aromatic heterocycles. The van der Waals surface area contributed by atoms with Crippen LogP contribution in [0, 0.1) is 6.92 Å². The molecular formula is C31H35N3O4S. The van der Waals surface area contributed by atoms with Crippen molar-refractivity contribution in [3.05, 3.63) is 76.9 Å². The van der Waals surface area contributed by atoms with Gasteiger partial charge in [-0.25, -0.2) is 8.42 Å². The number of carbonyl (C=O) groups is 1. The van der Waals surface area contributed by atoms with Gasteiger partial charge in [-0.2, -0.15) is 0 Å². The number of carbonyl (C=O) groups excluding carboxylic acids is 1. The molecule has 3 aliphatic rings. The number of hydrogen-bond acceptors (Lipinski definition) is 5. The van der Waals surface area contributed by atoms with E-state index in [1.54, 1.807) is 7.05 Å². The Hall–Kier alpha value is -3.36. The van der Waals surface area contributed by atoms with E-state index in [0.717, 1.165) is 67.1 Å². The van der Waals surface area contributed by atoms with E-state index in [1.807, 2.05) is 54.3 Å². The second-order valence-electron chi connectivity index (χ2n) is 11.4. The molecule has 0 saturated carbocycles. The highest BCUT2D eigenvalue weighted by atomic mass is 32.2. The number of likely N-dealkylation sites (tertiary alicyclic amines) is 1. The molecule has 204 valence electrons. The molecule has 6 rings (SSSR count). The molecule has 0 atom stereocenters. The molecule has 1 amide bonds. The Balaban J connectivity index is 1.24. The van der Waals surface area contributed by atoms with Crippen LogP contribution in [-0.4, -0.2) is 65.8 Å². The molecular weight excluding hydrogens is 510 g/mol. The van der Waals surface area contributed by atoms with Gasteiger partial charge < -0.3 is 14.5 Å². The van der Waals surface area contributed by atoms with Gasteiger partial charge in [0.15, 0.2) is 0 Å². The molecule has 39 heavy (non-hydrogen) atoms. The minimum Gasteiger partial charge on any atom is -0.492 e. The number of anilines is 2. The summed E-state index contributed by atoms with van der Waals surface area (Å²) in [4.78, 5) is 18.0. The van der Waals surface area contributed by atoms with Crippen molar-refractivity contribution in [2.75, 3.05) is 55.8 Å². The largest absolute Gasteiger partial charge is 0.492 e. The molecule has 3 aliphatic heterocycles. The van der Waals surface area contributed by atoms with Crippen LogP contribution in [0.2, 0.25) is 0 Å². The fourth-order valence-corrected chi connectivity index (χ4v) is 6.72. The monoisotopic (exact) mass is 545 g/mol. The van der Waals surface area contributed by atoms with Crippen LogP contribution in [-0.2, 0) is 21.9 Å². The first-order valence-corrected chi connectivity index (χ1v) is 15.4. The Morgan fingerprint density at radius 1 is 1.00 bits per heavy atom. The summed E-state index contributed by atoms with van der Waals surface area (Å²) in [6, 6.07) is 17.7. The molecule has 0 unspecified atom stereocenters. The van der Waals surface area contributed by atoms with Gasteiger partial charge in [-0.15, -0.1) is 0 Å². The molecule has 3 aromatic rings. The lowest BCUT2D eigenvalue weighted by molar-refractivity contribution is 0.0989. The fraction of sp³-hybridized carbons (Fsp3) is 0.387.